The van der Waals surface area contributed by atoms with E-state index >= 15 is 0 Å². The second kappa shape index (κ2) is 6.37. The average molecular weight is 358 g/mol. The van der Waals surface area contributed by atoms with Crippen LogP contribution in [0.4, 0.5) is 5.69 Å². The van der Waals surface area contributed by atoms with Gasteiger partial charge >= 0.3 is 0 Å². The van der Waals surface area contributed by atoms with Crippen LogP contribution in [0.25, 0.3) is 10.9 Å². The van der Waals surface area contributed by atoms with Crippen LogP contribution in [0, 0.1) is 5.41 Å². The number of H-pyrrole nitrogens is 1. The van der Waals surface area contributed by atoms with Gasteiger partial charge in [-0.15, -0.1) is 0 Å². The van der Waals surface area contributed by atoms with Crippen LogP contribution in [-0.4, -0.2) is 28.8 Å². The molecular formula is C17H16ClN5O2. The van der Waals surface area contributed by atoms with E-state index in [-0.39, 0.29) is 11.7 Å². The molecule has 0 fully saturated rings. The molecule has 0 aliphatic carbocycles. The van der Waals surface area contributed by atoms with Crippen molar-refractivity contribution in [1.82, 2.24) is 9.88 Å². The molecule has 7 nitrogen and oxygen atoms in total. The number of anilines is 1. The summed E-state index contributed by atoms with van der Waals surface area (Å²) >= 11 is 6.23. The maximum Gasteiger partial charge on any atom is 0.276 e. The second-order valence-electron chi connectivity index (χ2n) is 5.44. The third kappa shape index (κ3) is 3.22. The van der Waals surface area contributed by atoms with Gasteiger partial charge in [-0.2, -0.15) is 0 Å². The van der Waals surface area contributed by atoms with Crippen LogP contribution in [0.5, 0.6) is 11.5 Å². The number of nitrogens with zero attached hydrogens (tertiary/aromatic N) is 1. The standard InChI is InChI=1S/C17H16ClN5O2/c1-23(17(20)21)16(24)13-8-11-12(18)5-6-14(15(11)22-13)25-10-4-2-3-9(19)7-10/h2-8,22H,19H2,1H3,(H3,20,21). The Morgan fingerprint density at radius 2 is 2.04 bits per heavy atom. The summed E-state index contributed by atoms with van der Waals surface area (Å²) in [6.45, 7) is 0. The first-order valence-electron chi connectivity index (χ1n) is 7.33. The molecule has 1 aromatic heterocycles. The lowest BCUT2D eigenvalue weighted by Gasteiger charge is -2.12. The van der Waals surface area contributed by atoms with Crippen LogP contribution >= 0.6 is 11.6 Å². The number of hydrogen-bond donors (Lipinski definition) is 4. The van der Waals surface area contributed by atoms with E-state index < -0.39 is 5.91 Å². The van der Waals surface area contributed by atoms with E-state index in [1.165, 1.54) is 7.05 Å². The molecule has 128 valence electrons. The van der Waals surface area contributed by atoms with Gasteiger partial charge in [0.25, 0.3) is 5.91 Å². The molecule has 0 aliphatic heterocycles. The number of nitrogens with two attached hydrogens (primary N) is 2. The molecule has 2 aromatic carbocycles. The van der Waals surface area contributed by atoms with E-state index in [9.17, 15) is 4.79 Å². The van der Waals surface area contributed by atoms with Crippen LogP contribution < -0.4 is 16.2 Å². The number of nitrogen functional groups attached to an aromatic ring is 1. The molecule has 0 radical (unpaired) electrons. The molecule has 0 aliphatic rings. The van der Waals surface area contributed by atoms with Gasteiger partial charge in [0, 0.05) is 24.2 Å². The Kier molecular flexibility index (Phi) is 4.24. The molecule has 1 amide bonds. The molecule has 3 rings (SSSR count). The van der Waals surface area contributed by atoms with Crippen molar-refractivity contribution in [1.29, 1.82) is 5.41 Å². The van der Waals surface area contributed by atoms with E-state index in [1.54, 1.807) is 42.5 Å². The Morgan fingerprint density at radius 1 is 1.28 bits per heavy atom. The summed E-state index contributed by atoms with van der Waals surface area (Å²) in [5.74, 6) is 0.252. The molecule has 0 spiro atoms. The fraction of sp³-hybridized carbons (Fsp3) is 0.0588. The number of nitrogens with one attached hydrogen (secondary N) is 2. The summed E-state index contributed by atoms with van der Waals surface area (Å²) < 4.78 is 5.87. The lowest BCUT2D eigenvalue weighted by Crippen LogP contribution is -2.38. The van der Waals surface area contributed by atoms with Crippen molar-refractivity contribution in [2.75, 3.05) is 12.8 Å². The molecule has 0 unspecified atom stereocenters. The quantitative estimate of drug-likeness (QED) is 0.327. The number of halogens is 1. The summed E-state index contributed by atoms with van der Waals surface area (Å²) in [4.78, 5) is 16.4. The fourth-order valence-corrected chi connectivity index (χ4v) is 2.57. The van der Waals surface area contributed by atoms with Crippen LogP contribution in [0.2, 0.25) is 5.02 Å². The Hall–Kier alpha value is -3.19. The minimum Gasteiger partial charge on any atom is -0.455 e. The van der Waals surface area contributed by atoms with Crippen LogP contribution in [0.3, 0.4) is 0 Å². The predicted octanol–water partition coefficient (Wildman–Crippen LogP) is 3.16. The maximum absolute atomic E-state index is 12.4. The summed E-state index contributed by atoms with van der Waals surface area (Å²) in [7, 11) is 1.42. The minimum absolute atomic E-state index is 0.248. The lowest BCUT2D eigenvalue weighted by molar-refractivity contribution is 0.0864. The number of hydrogen-bond acceptors (Lipinski definition) is 4. The molecule has 8 heteroatoms. The van der Waals surface area contributed by atoms with Crippen molar-refractivity contribution in [3.63, 3.8) is 0 Å². The Morgan fingerprint density at radius 3 is 2.72 bits per heavy atom. The van der Waals surface area contributed by atoms with Gasteiger partial charge in [0.2, 0.25) is 0 Å². The van der Waals surface area contributed by atoms with Gasteiger partial charge in [-0.3, -0.25) is 15.1 Å². The topological polar surface area (TPSA) is 121 Å². The van der Waals surface area contributed by atoms with Gasteiger partial charge in [0.1, 0.15) is 11.4 Å². The van der Waals surface area contributed by atoms with Crippen molar-refractivity contribution < 1.29 is 9.53 Å². The van der Waals surface area contributed by atoms with Gasteiger partial charge in [0.15, 0.2) is 11.7 Å². The van der Waals surface area contributed by atoms with Gasteiger partial charge in [0.05, 0.1) is 10.5 Å². The number of aromatic amines is 1. The number of fused-ring (bicyclic) bond motifs is 1. The third-order valence-electron chi connectivity index (χ3n) is 3.68. The van der Waals surface area contributed by atoms with Crippen molar-refractivity contribution in [2.24, 2.45) is 5.73 Å². The normalized spacial score (nSPS) is 10.6. The highest BCUT2D eigenvalue weighted by Crippen LogP contribution is 2.35. The summed E-state index contributed by atoms with van der Waals surface area (Å²) in [6.07, 6.45) is 0. The molecule has 0 atom stereocenters. The fourth-order valence-electron chi connectivity index (χ4n) is 2.35. The van der Waals surface area contributed by atoms with E-state index in [4.69, 9.17) is 33.2 Å². The highest BCUT2D eigenvalue weighted by atomic mass is 35.5. The molecule has 6 N–H and O–H groups in total. The third-order valence-corrected chi connectivity index (χ3v) is 4.01. The van der Waals surface area contributed by atoms with Crippen molar-refractivity contribution in [3.05, 3.63) is 53.2 Å². The van der Waals surface area contributed by atoms with Crippen LogP contribution in [0.1, 0.15) is 10.5 Å². The summed E-state index contributed by atoms with van der Waals surface area (Å²) in [6, 6.07) is 12.0. The number of ether oxygens (including phenoxy) is 1. The molecule has 3 aromatic rings. The SMILES string of the molecule is CN(C(=N)N)C(=O)c1cc2c(Cl)ccc(Oc3cccc(N)c3)c2[nH]1. The van der Waals surface area contributed by atoms with Crippen LogP contribution in [-0.2, 0) is 0 Å². The van der Waals surface area contributed by atoms with Crippen molar-refractivity contribution >= 4 is 40.1 Å². The number of carbonyl (C=O) groups excluding carboxylic acids is 1. The molecular weight excluding hydrogens is 342 g/mol. The second-order valence-corrected chi connectivity index (χ2v) is 5.85. The molecule has 0 saturated carbocycles. The number of amides is 1. The Balaban J connectivity index is 2.04. The number of guanidine groups is 1. The maximum atomic E-state index is 12.4. The number of benzene rings is 2. The zero-order valence-electron chi connectivity index (χ0n) is 13.3. The van der Waals surface area contributed by atoms with Gasteiger partial charge in [-0.05, 0) is 30.3 Å². The largest absolute Gasteiger partial charge is 0.455 e. The van der Waals surface area contributed by atoms with E-state index in [0.717, 1.165) is 4.90 Å². The molecule has 25 heavy (non-hydrogen) atoms. The zero-order valence-corrected chi connectivity index (χ0v) is 14.1. The van der Waals surface area contributed by atoms with Gasteiger partial charge < -0.3 is 21.2 Å². The average Bonchev–Trinajstić information content (AvgIpc) is 3.02. The van der Waals surface area contributed by atoms with Gasteiger partial charge in [-0.25, -0.2) is 0 Å². The monoisotopic (exact) mass is 357 g/mol. The van der Waals surface area contributed by atoms with Crippen LogP contribution in [0.15, 0.2) is 42.5 Å². The first-order valence-corrected chi connectivity index (χ1v) is 7.71. The number of aromatic nitrogens is 1. The summed E-state index contributed by atoms with van der Waals surface area (Å²) in [5.41, 5.74) is 12.5. The van der Waals surface area contributed by atoms with Gasteiger partial charge in [-0.1, -0.05) is 17.7 Å². The Labute approximate surface area is 148 Å². The lowest BCUT2D eigenvalue weighted by atomic mass is 10.2. The first kappa shape index (κ1) is 16.7. The van der Waals surface area contributed by atoms with E-state index in [2.05, 4.69) is 4.98 Å². The van der Waals surface area contributed by atoms with Crippen molar-refractivity contribution in [3.8, 4) is 11.5 Å². The predicted molar refractivity (Wildman–Crippen MR) is 98.2 cm³/mol. The summed E-state index contributed by atoms with van der Waals surface area (Å²) in [5, 5.41) is 8.47. The number of carbonyl (C=O) groups is 1. The molecule has 1 heterocycles. The number of rotatable bonds is 3. The first-order chi connectivity index (χ1) is 11.9. The molecule has 0 saturated heterocycles. The van der Waals surface area contributed by atoms with Crippen molar-refractivity contribution in [2.45, 2.75) is 0 Å². The smallest absolute Gasteiger partial charge is 0.276 e. The minimum atomic E-state index is -0.449. The molecule has 0 bridgehead atoms. The Bertz CT molecular complexity index is 982. The zero-order chi connectivity index (χ0) is 18.1. The van der Waals surface area contributed by atoms with E-state index in [1.807, 2.05) is 0 Å². The highest BCUT2D eigenvalue weighted by molar-refractivity contribution is 6.35. The highest BCUT2D eigenvalue weighted by Gasteiger charge is 2.19. The van der Waals surface area contributed by atoms with E-state index in [0.29, 0.717) is 33.1 Å².